The van der Waals surface area contributed by atoms with E-state index in [1.807, 2.05) is 31.2 Å². The number of phenols is 1. The fourth-order valence-electron chi connectivity index (χ4n) is 1.88. The van der Waals surface area contributed by atoms with Gasteiger partial charge in [0, 0.05) is 6.08 Å². The Morgan fingerprint density at radius 2 is 1.72 bits per heavy atom. The van der Waals surface area contributed by atoms with Crippen LogP contribution in [-0.4, -0.2) is 22.0 Å². The quantitative estimate of drug-likeness (QED) is 0.384. The smallest absolute Gasteiger partial charge is 0.273 e. The molecule has 128 valence electrons. The molecule has 2 aromatic rings. The van der Waals surface area contributed by atoms with Crippen molar-refractivity contribution in [2.75, 3.05) is 0 Å². The van der Waals surface area contributed by atoms with Crippen molar-refractivity contribution in [2.24, 2.45) is 0 Å². The first kappa shape index (κ1) is 18.2. The van der Waals surface area contributed by atoms with Gasteiger partial charge in [-0.2, -0.15) is 0 Å². The summed E-state index contributed by atoms with van der Waals surface area (Å²) in [6, 6.07) is 13.7. The topological polar surface area (TPSA) is 90.5 Å². The monoisotopic (exact) mass is 355 g/mol. The number of benzene rings is 2. The maximum Gasteiger partial charge on any atom is 0.273 e. The van der Waals surface area contributed by atoms with Crippen molar-refractivity contribution in [3.8, 4) is 5.75 Å². The summed E-state index contributed by atoms with van der Waals surface area (Å²) in [6.07, 6.45) is 2.99. The standard InChI is InChI=1S/C18H17N3O3S/c1-12-6-8-13(9-7-12)10-11-16(23)19-18(25)21-20-17(24)14-4-2-3-5-15(14)22/h2-11,22H,1H3,(H,20,24)(H2,19,21,23,25). The lowest BCUT2D eigenvalue weighted by Gasteiger charge is -2.10. The van der Waals surface area contributed by atoms with Crippen molar-refractivity contribution in [2.45, 2.75) is 6.92 Å². The molecule has 25 heavy (non-hydrogen) atoms. The van der Waals surface area contributed by atoms with E-state index in [0.29, 0.717) is 0 Å². The van der Waals surface area contributed by atoms with E-state index in [-0.39, 0.29) is 16.4 Å². The average molecular weight is 355 g/mol. The van der Waals surface area contributed by atoms with Crippen molar-refractivity contribution in [1.82, 2.24) is 16.2 Å². The first-order valence-corrected chi connectivity index (χ1v) is 7.80. The van der Waals surface area contributed by atoms with Gasteiger partial charge in [-0.3, -0.25) is 25.8 Å². The van der Waals surface area contributed by atoms with E-state index < -0.39 is 11.8 Å². The van der Waals surface area contributed by atoms with Gasteiger partial charge < -0.3 is 5.11 Å². The first-order valence-electron chi connectivity index (χ1n) is 7.40. The number of amides is 2. The summed E-state index contributed by atoms with van der Waals surface area (Å²) < 4.78 is 0. The van der Waals surface area contributed by atoms with Crippen LogP contribution in [0, 0.1) is 6.92 Å². The van der Waals surface area contributed by atoms with Crippen molar-refractivity contribution < 1.29 is 14.7 Å². The molecule has 4 N–H and O–H groups in total. The number of thiocarbonyl (C=S) groups is 1. The minimum atomic E-state index is -0.579. The van der Waals surface area contributed by atoms with E-state index in [4.69, 9.17) is 12.2 Å². The molecule has 6 nitrogen and oxygen atoms in total. The largest absolute Gasteiger partial charge is 0.507 e. The Bertz CT molecular complexity index is 817. The molecule has 2 rings (SSSR count). The third-order valence-electron chi connectivity index (χ3n) is 3.18. The number of nitrogens with one attached hydrogen (secondary N) is 3. The van der Waals surface area contributed by atoms with Crippen LogP contribution in [0.25, 0.3) is 6.08 Å². The highest BCUT2D eigenvalue weighted by atomic mass is 32.1. The third kappa shape index (κ3) is 5.74. The summed E-state index contributed by atoms with van der Waals surface area (Å²) in [7, 11) is 0. The Balaban J connectivity index is 1.81. The number of rotatable bonds is 3. The average Bonchev–Trinajstić information content (AvgIpc) is 2.59. The van der Waals surface area contributed by atoms with E-state index in [1.54, 1.807) is 18.2 Å². The van der Waals surface area contributed by atoms with Crippen LogP contribution in [0.3, 0.4) is 0 Å². The lowest BCUT2D eigenvalue weighted by Crippen LogP contribution is -2.48. The van der Waals surface area contributed by atoms with E-state index in [1.165, 1.54) is 18.2 Å². The van der Waals surface area contributed by atoms with E-state index in [9.17, 15) is 14.7 Å². The van der Waals surface area contributed by atoms with Gasteiger partial charge in [0.15, 0.2) is 5.11 Å². The van der Waals surface area contributed by atoms with Crippen LogP contribution in [-0.2, 0) is 4.79 Å². The molecule has 0 aromatic heterocycles. The summed E-state index contributed by atoms with van der Waals surface area (Å²) in [4.78, 5) is 23.7. The molecule has 0 aliphatic heterocycles. The molecule has 0 spiro atoms. The predicted molar refractivity (Wildman–Crippen MR) is 99.7 cm³/mol. The lowest BCUT2D eigenvalue weighted by molar-refractivity contribution is -0.115. The molecule has 0 fully saturated rings. The molecular formula is C18H17N3O3S. The van der Waals surface area contributed by atoms with Crippen LogP contribution in [0.2, 0.25) is 0 Å². The van der Waals surface area contributed by atoms with Gasteiger partial charge >= 0.3 is 0 Å². The molecule has 0 unspecified atom stereocenters. The summed E-state index contributed by atoms with van der Waals surface area (Å²) in [6.45, 7) is 1.98. The van der Waals surface area contributed by atoms with E-state index in [2.05, 4.69) is 16.2 Å². The van der Waals surface area contributed by atoms with Gasteiger partial charge in [-0.05, 0) is 42.9 Å². The molecule has 0 bridgehead atoms. The lowest BCUT2D eigenvalue weighted by atomic mass is 10.1. The first-order chi connectivity index (χ1) is 12.0. The van der Waals surface area contributed by atoms with Crippen LogP contribution < -0.4 is 16.2 Å². The maximum atomic E-state index is 11.9. The Kier molecular flexibility index (Phi) is 6.25. The number of carbonyl (C=O) groups excluding carboxylic acids is 2. The molecule has 0 radical (unpaired) electrons. The molecule has 0 atom stereocenters. The van der Waals surface area contributed by atoms with Crippen LogP contribution >= 0.6 is 12.2 Å². The van der Waals surface area contributed by atoms with Gasteiger partial charge in [0.1, 0.15) is 5.75 Å². The van der Waals surface area contributed by atoms with Gasteiger partial charge in [0.25, 0.3) is 5.91 Å². The normalized spacial score (nSPS) is 10.3. The van der Waals surface area contributed by atoms with Gasteiger partial charge in [-0.25, -0.2) is 0 Å². The highest BCUT2D eigenvalue weighted by Crippen LogP contribution is 2.14. The summed E-state index contributed by atoms with van der Waals surface area (Å²) >= 11 is 4.93. The van der Waals surface area contributed by atoms with Crippen molar-refractivity contribution in [1.29, 1.82) is 0 Å². The number of carbonyl (C=O) groups is 2. The molecule has 2 aromatic carbocycles. The van der Waals surface area contributed by atoms with Gasteiger partial charge in [-0.1, -0.05) is 42.0 Å². The molecular weight excluding hydrogens is 338 g/mol. The number of para-hydroxylation sites is 1. The number of hydrogen-bond acceptors (Lipinski definition) is 4. The zero-order chi connectivity index (χ0) is 18.2. The van der Waals surface area contributed by atoms with Crippen molar-refractivity contribution in [3.05, 3.63) is 71.3 Å². The van der Waals surface area contributed by atoms with Crippen LogP contribution in [0.1, 0.15) is 21.5 Å². The second-order valence-corrected chi connectivity index (χ2v) is 5.57. The Hall–Kier alpha value is -3.19. The van der Waals surface area contributed by atoms with Crippen LogP contribution in [0.15, 0.2) is 54.6 Å². The predicted octanol–water partition coefficient (Wildman–Crippen LogP) is 2.05. The van der Waals surface area contributed by atoms with Gasteiger partial charge in [-0.15, -0.1) is 0 Å². The number of aryl methyl sites for hydroxylation is 1. The Morgan fingerprint density at radius 3 is 2.40 bits per heavy atom. The summed E-state index contributed by atoms with van der Waals surface area (Å²) in [5, 5.41) is 11.9. The maximum absolute atomic E-state index is 11.9. The molecule has 0 aliphatic carbocycles. The highest BCUT2D eigenvalue weighted by Gasteiger charge is 2.10. The molecule has 2 amide bonds. The van der Waals surface area contributed by atoms with Crippen LogP contribution in [0.5, 0.6) is 5.75 Å². The molecule has 0 aliphatic rings. The molecule has 7 heteroatoms. The fraction of sp³-hybridized carbons (Fsp3) is 0.0556. The Morgan fingerprint density at radius 1 is 1.04 bits per heavy atom. The third-order valence-corrected chi connectivity index (χ3v) is 3.38. The molecule has 0 saturated heterocycles. The fourth-order valence-corrected chi connectivity index (χ4v) is 2.03. The Labute approximate surface area is 150 Å². The number of aromatic hydroxyl groups is 1. The van der Waals surface area contributed by atoms with Crippen LogP contribution in [0.4, 0.5) is 0 Å². The summed E-state index contributed by atoms with van der Waals surface area (Å²) in [5.41, 5.74) is 6.80. The van der Waals surface area contributed by atoms with Crippen molar-refractivity contribution >= 4 is 35.2 Å². The molecule has 0 heterocycles. The van der Waals surface area contributed by atoms with Gasteiger partial charge in [0.2, 0.25) is 5.91 Å². The minimum absolute atomic E-state index is 0.0673. The van der Waals surface area contributed by atoms with E-state index in [0.717, 1.165) is 11.1 Å². The van der Waals surface area contributed by atoms with E-state index >= 15 is 0 Å². The van der Waals surface area contributed by atoms with Crippen molar-refractivity contribution in [3.63, 3.8) is 0 Å². The second-order valence-electron chi connectivity index (χ2n) is 5.16. The number of phenolic OH excluding ortho intramolecular Hbond substituents is 1. The molecule has 0 saturated carbocycles. The number of hydrazine groups is 1. The SMILES string of the molecule is Cc1ccc(C=CC(=O)NC(=S)NNC(=O)c2ccccc2O)cc1. The van der Waals surface area contributed by atoms with Gasteiger partial charge in [0.05, 0.1) is 5.56 Å². The second kappa shape index (κ2) is 8.60. The minimum Gasteiger partial charge on any atom is -0.507 e. The summed E-state index contributed by atoms with van der Waals surface area (Å²) in [5.74, 6) is -1.17. The zero-order valence-electron chi connectivity index (χ0n) is 13.4. The zero-order valence-corrected chi connectivity index (χ0v) is 14.3. The highest BCUT2D eigenvalue weighted by molar-refractivity contribution is 7.80. The number of hydrogen-bond donors (Lipinski definition) is 4.